The Bertz CT molecular complexity index is 3480. The van der Waals surface area contributed by atoms with Crippen LogP contribution in [0.15, 0.2) is 200 Å². The molecule has 1 aliphatic carbocycles. The maximum Gasteiger partial charge on any atom is 0.0546 e. The standard InChI is InChI=1S/C57H39NS/c1-57(2)50-35-41-17-6-5-16-40(41)34-49(50)47-21-12-23-52(55(47)57)58(43-30-27-38(28-31-43)45-20-11-22-48-46-19-9-10-24-53(46)59-56(45)48)51-32-29-37-14-7-8-18-44(37)54(51)42-26-25-36-13-3-4-15-39(36)33-42/h3-35H,1-2H3. The van der Waals surface area contributed by atoms with Gasteiger partial charge >= 0.3 is 0 Å². The van der Waals surface area contributed by atoms with Crippen LogP contribution in [0.1, 0.15) is 25.0 Å². The summed E-state index contributed by atoms with van der Waals surface area (Å²) >= 11 is 1.89. The van der Waals surface area contributed by atoms with Crippen molar-refractivity contribution in [2.24, 2.45) is 0 Å². The van der Waals surface area contributed by atoms with E-state index in [-0.39, 0.29) is 5.41 Å². The monoisotopic (exact) mass is 769 g/mol. The molecule has 11 aromatic rings. The number of thiophene rings is 1. The summed E-state index contributed by atoms with van der Waals surface area (Å²) in [6, 6.07) is 74.5. The number of rotatable bonds is 5. The minimum Gasteiger partial charge on any atom is -0.310 e. The summed E-state index contributed by atoms with van der Waals surface area (Å²) in [7, 11) is 0. The Morgan fingerprint density at radius 3 is 1.83 bits per heavy atom. The number of nitrogens with zero attached hydrogens (tertiary/aromatic N) is 1. The first-order chi connectivity index (χ1) is 29.0. The van der Waals surface area contributed by atoms with E-state index in [4.69, 9.17) is 0 Å². The SMILES string of the molecule is CC1(C)c2cc3ccccc3cc2-c2cccc(N(c3ccc(-c4cccc5c4sc4ccccc45)cc3)c3ccc4ccccc4c3-c3ccc4ccccc4c3)c21. The highest BCUT2D eigenvalue weighted by Gasteiger charge is 2.39. The maximum absolute atomic E-state index is 2.55. The van der Waals surface area contributed by atoms with E-state index in [1.165, 1.54) is 103 Å². The van der Waals surface area contributed by atoms with Gasteiger partial charge in [-0.2, -0.15) is 0 Å². The molecule has 0 saturated heterocycles. The molecule has 278 valence electrons. The predicted octanol–water partition coefficient (Wildman–Crippen LogP) is 16.6. The van der Waals surface area contributed by atoms with Gasteiger partial charge in [0.2, 0.25) is 0 Å². The van der Waals surface area contributed by atoms with Crippen LogP contribution < -0.4 is 4.90 Å². The van der Waals surface area contributed by atoms with Crippen LogP contribution in [-0.2, 0) is 5.41 Å². The van der Waals surface area contributed by atoms with Crippen molar-refractivity contribution in [2.75, 3.05) is 4.90 Å². The van der Waals surface area contributed by atoms with Gasteiger partial charge in [-0.15, -0.1) is 11.3 Å². The number of fused-ring (bicyclic) bond motifs is 9. The lowest BCUT2D eigenvalue weighted by Gasteiger charge is -2.34. The van der Waals surface area contributed by atoms with E-state index in [9.17, 15) is 0 Å². The van der Waals surface area contributed by atoms with E-state index in [2.05, 4.69) is 219 Å². The molecule has 10 aromatic carbocycles. The molecule has 0 spiro atoms. The molecule has 0 N–H and O–H groups in total. The first kappa shape index (κ1) is 34.1. The third kappa shape index (κ3) is 5.23. The zero-order chi connectivity index (χ0) is 39.2. The quantitative estimate of drug-likeness (QED) is 0.169. The lowest BCUT2D eigenvalue weighted by Crippen LogP contribution is -2.21. The minimum absolute atomic E-state index is 0.250. The van der Waals surface area contributed by atoms with Gasteiger partial charge in [-0.05, 0) is 120 Å². The molecule has 0 unspecified atom stereocenters. The van der Waals surface area contributed by atoms with Gasteiger partial charge in [0, 0.05) is 36.8 Å². The van der Waals surface area contributed by atoms with Gasteiger partial charge in [0.15, 0.2) is 0 Å². The third-order valence-corrected chi connectivity index (χ3v) is 14.0. The Morgan fingerprint density at radius 2 is 1.02 bits per heavy atom. The van der Waals surface area contributed by atoms with Crippen LogP contribution in [0.2, 0.25) is 0 Å². The molecule has 0 atom stereocenters. The highest BCUT2D eigenvalue weighted by Crippen LogP contribution is 2.56. The molecule has 0 radical (unpaired) electrons. The van der Waals surface area contributed by atoms with Crippen molar-refractivity contribution in [2.45, 2.75) is 19.3 Å². The second-order valence-corrected chi connectivity index (χ2v) is 17.5. The van der Waals surface area contributed by atoms with E-state index < -0.39 is 0 Å². The number of hydrogen-bond donors (Lipinski definition) is 0. The predicted molar refractivity (Wildman–Crippen MR) is 255 cm³/mol. The smallest absolute Gasteiger partial charge is 0.0546 e. The van der Waals surface area contributed by atoms with Crippen LogP contribution in [0.3, 0.4) is 0 Å². The van der Waals surface area contributed by atoms with Crippen LogP contribution in [0.4, 0.5) is 17.1 Å². The molecule has 2 heteroatoms. The fourth-order valence-electron chi connectivity index (χ4n) is 9.99. The zero-order valence-corrected chi connectivity index (χ0v) is 33.7. The Kier molecular flexibility index (Phi) is 7.51. The van der Waals surface area contributed by atoms with Crippen LogP contribution >= 0.6 is 11.3 Å². The van der Waals surface area contributed by atoms with Crippen molar-refractivity contribution in [1.29, 1.82) is 0 Å². The summed E-state index contributed by atoms with van der Waals surface area (Å²) in [5, 5.41) is 10.1. The molecular weight excluding hydrogens is 731 g/mol. The second-order valence-electron chi connectivity index (χ2n) is 16.5. The van der Waals surface area contributed by atoms with Crippen molar-refractivity contribution in [3.63, 3.8) is 0 Å². The average molecular weight is 770 g/mol. The Labute approximate surface area is 348 Å². The molecule has 0 aliphatic heterocycles. The lowest BCUT2D eigenvalue weighted by atomic mass is 9.80. The summed E-state index contributed by atoms with van der Waals surface area (Å²) < 4.78 is 2.66. The summed E-state index contributed by atoms with van der Waals surface area (Å²) in [5.74, 6) is 0. The van der Waals surface area contributed by atoms with Crippen LogP contribution in [0.5, 0.6) is 0 Å². The molecule has 0 saturated carbocycles. The molecular formula is C57H39NS. The van der Waals surface area contributed by atoms with Crippen LogP contribution in [0, 0.1) is 0 Å². The van der Waals surface area contributed by atoms with Gasteiger partial charge in [0.1, 0.15) is 0 Å². The van der Waals surface area contributed by atoms with Crippen molar-refractivity contribution in [3.8, 4) is 33.4 Å². The fraction of sp³-hybridized carbons (Fsp3) is 0.0526. The summed E-state index contributed by atoms with van der Waals surface area (Å²) in [4.78, 5) is 2.55. The van der Waals surface area contributed by atoms with E-state index in [1.54, 1.807) is 0 Å². The van der Waals surface area contributed by atoms with Gasteiger partial charge in [0.25, 0.3) is 0 Å². The van der Waals surface area contributed by atoms with Crippen molar-refractivity contribution in [3.05, 3.63) is 211 Å². The Morgan fingerprint density at radius 1 is 0.407 bits per heavy atom. The van der Waals surface area contributed by atoms with Crippen molar-refractivity contribution >= 4 is 80.9 Å². The second kappa shape index (κ2) is 13.0. The van der Waals surface area contributed by atoms with E-state index in [0.29, 0.717) is 0 Å². The average Bonchev–Trinajstić information content (AvgIpc) is 3.77. The van der Waals surface area contributed by atoms with E-state index >= 15 is 0 Å². The largest absolute Gasteiger partial charge is 0.310 e. The van der Waals surface area contributed by atoms with Gasteiger partial charge in [-0.1, -0.05) is 166 Å². The molecule has 59 heavy (non-hydrogen) atoms. The molecule has 1 heterocycles. The number of hydrogen-bond acceptors (Lipinski definition) is 2. The first-order valence-corrected chi connectivity index (χ1v) is 21.3. The minimum atomic E-state index is -0.250. The first-order valence-electron chi connectivity index (χ1n) is 20.5. The Balaban J connectivity index is 1.12. The van der Waals surface area contributed by atoms with E-state index in [1.807, 2.05) is 11.3 Å². The fourth-order valence-corrected chi connectivity index (χ4v) is 11.2. The normalized spacial score (nSPS) is 13.1. The summed E-state index contributed by atoms with van der Waals surface area (Å²) in [6.07, 6.45) is 0. The Hall–Kier alpha value is -7.00. The molecule has 1 aromatic heterocycles. The van der Waals surface area contributed by atoms with Crippen molar-refractivity contribution in [1.82, 2.24) is 0 Å². The van der Waals surface area contributed by atoms with Crippen LogP contribution in [0.25, 0.3) is 85.9 Å². The molecule has 1 aliphatic rings. The lowest BCUT2D eigenvalue weighted by molar-refractivity contribution is 0.661. The maximum atomic E-state index is 2.55. The van der Waals surface area contributed by atoms with E-state index in [0.717, 1.165) is 11.4 Å². The van der Waals surface area contributed by atoms with Gasteiger partial charge in [-0.3, -0.25) is 0 Å². The van der Waals surface area contributed by atoms with Crippen LogP contribution in [-0.4, -0.2) is 0 Å². The summed E-state index contributed by atoms with van der Waals surface area (Å²) in [6.45, 7) is 4.82. The zero-order valence-electron chi connectivity index (χ0n) is 32.9. The van der Waals surface area contributed by atoms with Crippen molar-refractivity contribution < 1.29 is 0 Å². The highest BCUT2D eigenvalue weighted by atomic mass is 32.1. The topological polar surface area (TPSA) is 3.24 Å². The molecule has 0 fully saturated rings. The summed E-state index contributed by atoms with van der Waals surface area (Å²) in [5.41, 5.74) is 13.5. The number of benzene rings is 10. The van der Waals surface area contributed by atoms with Gasteiger partial charge < -0.3 is 4.90 Å². The molecule has 12 rings (SSSR count). The van der Waals surface area contributed by atoms with Gasteiger partial charge in [0.05, 0.1) is 11.4 Å². The molecule has 0 bridgehead atoms. The third-order valence-electron chi connectivity index (χ3n) is 12.8. The molecule has 0 amide bonds. The number of anilines is 3. The molecule has 1 nitrogen and oxygen atoms in total. The highest BCUT2D eigenvalue weighted by molar-refractivity contribution is 7.26. The van der Waals surface area contributed by atoms with Gasteiger partial charge in [-0.25, -0.2) is 0 Å².